The van der Waals surface area contributed by atoms with Crippen molar-refractivity contribution in [3.8, 4) is 0 Å². The van der Waals surface area contributed by atoms with E-state index in [1.54, 1.807) is 20.8 Å². The quantitative estimate of drug-likeness (QED) is 0.297. The molecule has 0 bridgehead atoms. The van der Waals surface area contributed by atoms with Crippen LogP contribution in [0.1, 0.15) is 20.8 Å². The largest absolute Gasteiger partial charge is 0.444 e. The van der Waals surface area contributed by atoms with Gasteiger partial charge < -0.3 is 15.9 Å². The van der Waals surface area contributed by atoms with Crippen LogP contribution in [0.2, 0.25) is 0 Å². The molecule has 0 rings (SSSR count). The molecule has 0 spiro atoms. The first-order valence-electron chi connectivity index (χ1n) is 3.99. The number of carbonyl (C=O) groups is 1. The van der Waals surface area contributed by atoms with Gasteiger partial charge in [-0.2, -0.15) is 5.11 Å². The van der Waals surface area contributed by atoms with Gasteiger partial charge in [0.25, 0.3) is 0 Å². The maximum Gasteiger partial charge on any atom is 0.407 e. The van der Waals surface area contributed by atoms with Gasteiger partial charge in [0.2, 0.25) is 0 Å². The van der Waals surface area contributed by atoms with Gasteiger partial charge in [0.05, 0.1) is 6.54 Å². The monoisotopic (exact) mass is 188 g/mol. The van der Waals surface area contributed by atoms with Gasteiger partial charge in [-0.1, -0.05) is 5.22 Å². The average Bonchev–Trinajstić information content (AvgIpc) is 1.94. The van der Waals surface area contributed by atoms with Crippen LogP contribution in [0.25, 0.3) is 0 Å². The summed E-state index contributed by atoms with van der Waals surface area (Å²) in [6.45, 7) is 6.12. The maximum atomic E-state index is 11.0. The van der Waals surface area contributed by atoms with Crippen LogP contribution in [0.3, 0.4) is 0 Å². The Hall–Kier alpha value is -1.33. The number of ether oxygens (including phenoxy) is 1. The lowest BCUT2D eigenvalue weighted by atomic mass is 10.2. The Bertz CT molecular complexity index is 185. The van der Waals surface area contributed by atoms with Gasteiger partial charge in [0.1, 0.15) is 5.60 Å². The lowest BCUT2D eigenvalue weighted by Gasteiger charge is -2.19. The summed E-state index contributed by atoms with van der Waals surface area (Å²) >= 11 is 0. The van der Waals surface area contributed by atoms with E-state index in [4.69, 9.17) is 10.6 Å². The fraction of sp³-hybridized carbons (Fsp3) is 0.857. The molecule has 0 radical (unpaired) electrons. The number of nitrogens with zero attached hydrogens (tertiary/aromatic N) is 2. The molecule has 0 atom stereocenters. The van der Waals surface area contributed by atoms with Gasteiger partial charge in [-0.05, 0) is 20.8 Å². The van der Waals surface area contributed by atoms with E-state index in [1.807, 2.05) is 0 Å². The van der Waals surface area contributed by atoms with Crippen molar-refractivity contribution in [2.45, 2.75) is 26.4 Å². The van der Waals surface area contributed by atoms with E-state index in [2.05, 4.69) is 15.7 Å². The Morgan fingerprint density at radius 3 is 2.62 bits per heavy atom. The minimum absolute atomic E-state index is 0.357. The molecule has 1 amide bonds. The van der Waals surface area contributed by atoms with Crippen molar-refractivity contribution in [1.82, 2.24) is 5.32 Å². The zero-order valence-electron chi connectivity index (χ0n) is 8.20. The molecule has 0 unspecified atom stereocenters. The summed E-state index contributed by atoms with van der Waals surface area (Å²) in [5.74, 6) is 4.76. The van der Waals surface area contributed by atoms with E-state index in [0.717, 1.165) is 0 Å². The molecule has 0 heterocycles. The summed E-state index contributed by atoms with van der Waals surface area (Å²) in [7, 11) is 0. The molecule has 0 aromatic heterocycles. The highest BCUT2D eigenvalue weighted by Crippen LogP contribution is 2.05. The van der Waals surface area contributed by atoms with Crippen molar-refractivity contribution in [3.05, 3.63) is 0 Å². The molecule has 6 heteroatoms. The molecular formula is C7H16N4O2. The third kappa shape index (κ3) is 8.58. The Labute approximate surface area is 77.5 Å². The van der Waals surface area contributed by atoms with Crippen molar-refractivity contribution >= 4 is 6.09 Å². The van der Waals surface area contributed by atoms with E-state index in [9.17, 15) is 4.79 Å². The standard InChI is InChI=1S/C7H16N4O2/c1-7(2,3)13-6(12)9-4-5-10-11-8/h4-5H2,1-3H3,(H2,8,10)(H,9,12). The molecule has 13 heavy (non-hydrogen) atoms. The van der Waals surface area contributed by atoms with E-state index in [1.165, 1.54) is 0 Å². The van der Waals surface area contributed by atoms with Crippen molar-refractivity contribution in [3.63, 3.8) is 0 Å². The van der Waals surface area contributed by atoms with Crippen LogP contribution in [0, 0.1) is 0 Å². The highest BCUT2D eigenvalue weighted by Gasteiger charge is 2.15. The first-order valence-corrected chi connectivity index (χ1v) is 3.99. The minimum atomic E-state index is -0.473. The van der Waals surface area contributed by atoms with Crippen LogP contribution in [0.5, 0.6) is 0 Å². The Morgan fingerprint density at radius 2 is 2.15 bits per heavy atom. The zero-order valence-corrected chi connectivity index (χ0v) is 8.20. The molecular weight excluding hydrogens is 172 g/mol. The first kappa shape index (κ1) is 11.7. The summed E-state index contributed by atoms with van der Waals surface area (Å²) in [5.41, 5.74) is -0.473. The minimum Gasteiger partial charge on any atom is -0.444 e. The van der Waals surface area contributed by atoms with E-state index < -0.39 is 11.7 Å². The van der Waals surface area contributed by atoms with Crippen LogP contribution in [0.4, 0.5) is 4.79 Å². The van der Waals surface area contributed by atoms with Crippen LogP contribution < -0.4 is 11.2 Å². The number of amides is 1. The summed E-state index contributed by atoms with van der Waals surface area (Å²) < 4.78 is 4.96. The lowest BCUT2D eigenvalue weighted by Crippen LogP contribution is -2.33. The van der Waals surface area contributed by atoms with Crippen LogP contribution >= 0.6 is 0 Å². The van der Waals surface area contributed by atoms with E-state index in [0.29, 0.717) is 13.1 Å². The van der Waals surface area contributed by atoms with Gasteiger partial charge in [-0.25, -0.2) is 4.79 Å². The van der Waals surface area contributed by atoms with Gasteiger partial charge in [-0.3, -0.25) is 0 Å². The molecule has 3 N–H and O–H groups in total. The molecule has 0 aliphatic heterocycles. The zero-order chi connectivity index (χ0) is 10.3. The third-order valence-electron chi connectivity index (χ3n) is 0.962. The first-order chi connectivity index (χ1) is 5.95. The molecule has 0 aromatic rings. The molecule has 0 saturated heterocycles. The SMILES string of the molecule is CC(C)(C)OC(=O)NCCN=NN. The van der Waals surface area contributed by atoms with E-state index in [-0.39, 0.29) is 0 Å². The smallest absolute Gasteiger partial charge is 0.407 e. The highest BCUT2D eigenvalue weighted by molar-refractivity contribution is 5.67. The number of hydrogen-bond donors (Lipinski definition) is 2. The third-order valence-corrected chi connectivity index (χ3v) is 0.962. The summed E-state index contributed by atoms with van der Waals surface area (Å²) in [5, 5.41) is 9.02. The fourth-order valence-electron chi connectivity index (χ4n) is 0.580. The molecule has 0 aliphatic carbocycles. The van der Waals surface area contributed by atoms with Crippen molar-refractivity contribution < 1.29 is 9.53 Å². The van der Waals surface area contributed by atoms with Crippen molar-refractivity contribution in [2.75, 3.05) is 13.1 Å². The van der Waals surface area contributed by atoms with Crippen LogP contribution in [-0.2, 0) is 4.74 Å². The van der Waals surface area contributed by atoms with Gasteiger partial charge in [-0.15, -0.1) is 0 Å². The normalized spacial score (nSPS) is 11.6. The second-order valence-electron chi connectivity index (χ2n) is 3.41. The summed E-state index contributed by atoms with van der Waals surface area (Å²) in [6.07, 6.45) is -0.459. The lowest BCUT2D eigenvalue weighted by molar-refractivity contribution is 0.0529. The average molecular weight is 188 g/mol. The van der Waals surface area contributed by atoms with Crippen molar-refractivity contribution in [1.29, 1.82) is 0 Å². The number of nitrogens with two attached hydrogens (primary N) is 1. The van der Waals surface area contributed by atoms with E-state index >= 15 is 0 Å². The topological polar surface area (TPSA) is 89.1 Å². The Balaban J connectivity index is 3.52. The van der Waals surface area contributed by atoms with Gasteiger partial charge in [0.15, 0.2) is 0 Å². The molecule has 76 valence electrons. The van der Waals surface area contributed by atoms with Gasteiger partial charge in [0, 0.05) is 6.54 Å². The fourth-order valence-corrected chi connectivity index (χ4v) is 0.580. The number of nitrogens with one attached hydrogen (secondary N) is 1. The predicted molar refractivity (Wildman–Crippen MR) is 48.1 cm³/mol. The number of carbonyl (C=O) groups excluding carboxylic acids is 1. The number of rotatable bonds is 3. The number of hydrogen-bond acceptors (Lipinski definition) is 4. The van der Waals surface area contributed by atoms with Gasteiger partial charge >= 0.3 is 6.09 Å². The van der Waals surface area contributed by atoms with Crippen molar-refractivity contribution in [2.24, 2.45) is 16.2 Å². The second kappa shape index (κ2) is 5.34. The summed E-state index contributed by atoms with van der Waals surface area (Å²) in [6, 6.07) is 0. The molecule has 0 fully saturated rings. The Morgan fingerprint density at radius 1 is 1.54 bits per heavy atom. The highest BCUT2D eigenvalue weighted by atomic mass is 16.6. The van der Waals surface area contributed by atoms with Crippen LogP contribution in [0.15, 0.2) is 10.3 Å². The number of alkyl carbamates (subject to hydrolysis) is 1. The predicted octanol–water partition coefficient (Wildman–Crippen LogP) is 0.837. The maximum absolute atomic E-state index is 11.0. The Kier molecular flexibility index (Phi) is 4.79. The molecule has 6 nitrogen and oxygen atoms in total. The molecule has 0 aliphatic rings. The molecule has 0 aromatic carbocycles. The summed E-state index contributed by atoms with van der Waals surface area (Å²) in [4.78, 5) is 11.0. The molecule has 0 saturated carbocycles. The van der Waals surface area contributed by atoms with Crippen LogP contribution in [-0.4, -0.2) is 24.8 Å². The second-order valence-corrected chi connectivity index (χ2v) is 3.41.